The molecule has 0 bridgehead atoms. The van der Waals surface area contributed by atoms with Crippen molar-refractivity contribution in [2.75, 3.05) is 0 Å². The van der Waals surface area contributed by atoms with Crippen LogP contribution in [0, 0.1) is 5.82 Å². The zero-order valence-corrected chi connectivity index (χ0v) is 12.7. The topological polar surface area (TPSA) is 61.7 Å². The summed E-state index contributed by atoms with van der Waals surface area (Å²) in [5, 5.41) is 13.7. The number of hydrogen-bond acceptors (Lipinski definition) is 3. The van der Waals surface area contributed by atoms with Gasteiger partial charge in [0.1, 0.15) is 11.6 Å². The third kappa shape index (κ3) is 3.88. The Morgan fingerprint density at radius 1 is 1.24 bits per heavy atom. The quantitative estimate of drug-likeness (QED) is 0.657. The Kier molecular flexibility index (Phi) is 4.70. The molecule has 0 aliphatic rings. The summed E-state index contributed by atoms with van der Waals surface area (Å²) in [5.74, 6) is -0.801. The minimum absolute atomic E-state index is 0.0653. The molecule has 0 aliphatic heterocycles. The largest absolute Gasteiger partial charge is 0.507 e. The normalized spacial score (nSPS) is 11.3. The minimum atomic E-state index is -0.455. The molecule has 2 aromatic carbocycles. The third-order valence-corrected chi connectivity index (χ3v) is 3.27. The maximum atomic E-state index is 12.8. The molecular weight excluding hydrogens is 339 g/mol. The van der Waals surface area contributed by atoms with Crippen molar-refractivity contribution < 1.29 is 14.3 Å². The molecule has 2 aromatic rings. The van der Waals surface area contributed by atoms with Crippen LogP contribution in [-0.2, 0) is 0 Å². The van der Waals surface area contributed by atoms with E-state index >= 15 is 0 Å². The molecule has 6 heteroatoms. The maximum absolute atomic E-state index is 12.8. The van der Waals surface area contributed by atoms with E-state index in [9.17, 15) is 14.3 Å². The number of phenolic OH excluding ortho intramolecular Hbond substituents is 1. The van der Waals surface area contributed by atoms with E-state index in [-0.39, 0.29) is 5.75 Å². The lowest BCUT2D eigenvalue weighted by Crippen LogP contribution is -2.19. The van der Waals surface area contributed by atoms with E-state index in [0.717, 1.165) is 4.47 Å². The van der Waals surface area contributed by atoms with Crippen molar-refractivity contribution in [3.05, 3.63) is 63.9 Å². The summed E-state index contributed by atoms with van der Waals surface area (Å²) in [6.45, 7) is 1.66. The van der Waals surface area contributed by atoms with E-state index in [2.05, 4.69) is 26.5 Å². The van der Waals surface area contributed by atoms with Gasteiger partial charge >= 0.3 is 0 Å². The number of nitrogens with one attached hydrogen (secondary N) is 1. The zero-order chi connectivity index (χ0) is 15.4. The van der Waals surface area contributed by atoms with Crippen LogP contribution in [0.5, 0.6) is 5.75 Å². The van der Waals surface area contributed by atoms with Gasteiger partial charge in [-0.2, -0.15) is 5.10 Å². The van der Waals surface area contributed by atoms with Gasteiger partial charge in [0, 0.05) is 15.6 Å². The highest BCUT2D eigenvalue weighted by molar-refractivity contribution is 9.10. The molecule has 0 heterocycles. The Hall–Kier alpha value is -2.21. The molecule has 0 saturated heterocycles. The molecule has 4 nitrogen and oxygen atoms in total. The van der Waals surface area contributed by atoms with Gasteiger partial charge in [0.2, 0.25) is 0 Å². The van der Waals surface area contributed by atoms with Crippen molar-refractivity contribution in [1.82, 2.24) is 5.43 Å². The van der Waals surface area contributed by atoms with Gasteiger partial charge in [-0.1, -0.05) is 15.9 Å². The monoisotopic (exact) mass is 350 g/mol. The number of phenols is 1. The van der Waals surface area contributed by atoms with Crippen LogP contribution in [-0.4, -0.2) is 16.7 Å². The summed E-state index contributed by atoms with van der Waals surface area (Å²) >= 11 is 3.30. The van der Waals surface area contributed by atoms with E-state index in [1.807, 2.05) is 0 Å². The van der Waals surface area contributed by atoms with Crippen molar-refractivity contribution in [3.63, 3.8) is 0 Å². The Morgan fingerprint density at radius 3 is 2.57 bits per heavy atom. The fraction of sp³-hybridized carbons (Fsp3) is 0.0667. The molecule has 0 aliphatic carbocycles. The van der Waals surface area contributed by atoms with Crippen LogP contribution in [0.25, 0.3) is 0 Å². The molecule has 0 radical (unpaired) electrons. The number of hydrogen-bond donors (Lipinski definition) is 2. The molecule has 0 saturated carbocycles. The van der Waals surface area contributed by atoms with Gasteiger partial charge in [-0.15, -0.1) is 0 Å². The van der Waals surface area contributed by atoms with Gasteiger partial charge in [0.15, 0.2) is 0 Å². The first kappa shape index (κ1) is 15.2. The van der Waals surface area contributed by atoms with Crippen LogP contribution in [0.3, 0.4) is 0 Å². The van der Waals surface area contributed by atoms with Gasteiger partial charge in [-0.3, -0.25) is 4.79 Å². The minimum Gasteiger partial charge on any atom is -0.507 e. The van der Waals surface area contributed by atoms with Gasteiger partial charge in [-0.25, -0.2) is 9.82 Å². The van der Waals surface area contributed by atoms with Gasteiger partial charge < -0.3 is 5.11 Å². The van der Waals surface area contributed by atoms with Crippen LogP contribution < -0.4 is 5.43 Å². The summed E-state index contributed by atoms with van der Waals surface area (Å²) in [5.41, 5.74) is 3.61. The molecule has 0 fully saturated rings. The number of carbonyl (C=O) groups excluding carboxylic acids is 1. The first-order valence-electron chi connectivity index (χ1n) is 6.06. The van der Waals surface area contributed by atoms with Gasteiger partial charge in [0.25, 0.3) is 5.91 Å². The van der Waals surface area contributed by atoms with Crippen molar-refractivity contribution in [2.24, 2.45) is 5.10 Å². The average Bonchev–Trinajstić information content (AvgIpc) is 2.47. The lowest BCUT2D eigenvalue weighted by Gasteiger charge is -2.06. The Bertz CT molecular complexity index is 699. The predicted octanol–water partition coefficient (Wildman–Crippen LogP) is 3.45. The van der Waals surface area contributed by atoms with E-state index < -0.39 is 11.7 Å². The van der Waals surface area contributed by atoms with E-state index in [0.29, 0.717) is 16.8 Å². The summed E-state index contributed by atoms with van der Waals surface area (Å²) in [4.78, 5) is 11.8. The smallest absolute Gasteiger partial charge is 0.271 e. The molecule has 2 N–H and O–H groups in total. The standard InChI is InChI=1S/C15H12BrFN2O2/c1-9(13-8-11(16)4-7-14(13)20)18-19-15(21)10-2-5-12(17)6-3-10/h2-8,20H,1H3,(H,19,21)/b18-9+. The second-order valence-electron chi connectivity index (χ2n) is 4.31. The van der Waals surface area contributed by atoms with E-state index in [1.54, 1.807) is 19.1 Å². The fourth-order valence-corrected chi connectivity index (χ4v) is 2.02. The van der Waals surface area contributed by atoms with E-state index in [4.69, 9.17) is 0 Å². The number of hydrazone groups is 1. The second-order valence-corrected chi connectivity index (χ2v) is 5.22. The highest BCUT2D eigenvalue weighted by Gasteiger charge is 2.08. The fourth-order valence-electron chi connectivity index (χ4n) is 1.66. The van der Waals surface area contributed by atoms with Crippen molar-refractivity contribution >= 4 is 27.5 Å². The molecule has 0 aromatic heterocycles. The highest BCUT2D eigenvalue weighted by atomic mass is 79.9. The average molecular weight is 351 g/mol. The molecule has 0 spiro atoms. The molecule has 0 atom stereocenters. The molecular formula is C15H12BrFN2O2. The van der Waals surface area contributed by atoms with Gasteiger partial charge in [0.05, 0.1) is 5.71 Å². The summed E-state index contributed by atoms with van der Waals surface area (Å²) in [6.07, 6.45) is 0. The first-order valence-corrected chi connectivity index (χ1v) is 6.86. The number of benzene rings is 2. The number of halogens is 2. The third-order valence-electron chi connectivity index (χ3n) is 2.78. The van der Waals surface area contributed by atoms with E-state index in [1.165, 1.54) is 30.3 Å². The molecule has 108 valence electrons. The van der Waals surface area contributed by atoms with Crippen LogP contribution in [0.1, 0.15) is 22.8 Å². The van der Waals surface area contributed by atoms with Gasteiger partial charge in [-0.05, 0) is 49.4 Å². The van der Waals surface area contributed by atoms with Crippen LogP contribution in [0.2, 0.25) is 0 Å². The summed E-state index contributed by atoms with van der Waals surface area (Å²) in [7, 11) is 0. The Labute approximate surface area is 129 Å². The van der Waals surface area contributed by atoms with Crippen LogP contribution in [0.4, 0.5) is 4.39 Å². The lowest BCUT2D eigenvalue weighted by atomic mass is 10.1. The highest BCUT2D eigenvalue weighted by Crippen LogP contribution is 2.22. The predicted molar refractivity (Wildman–Crippen MR) is 81.9 cm³/mol. The number of aromatic hydroxyl groups is 1. The second kappa shape index (κ2) is 6.49. The molecule has 21 heavy (non-hydrogen) atoms. The number of nitrogens with zero attached hydrogens (tertiary/aromatic N) is 1. The number of amides is 1. The van der Waals surface area contributed by atoms with Crippen molar-refractivity contribution in [1.29, 1.82) is 0 Å². The zero-order valence-electron chi connectivity index (χ0n) is 11.1. The lowest BCUT2D eigenvalue weighted by molar-refractivity contribution is 0.0955. The van der Waals surface area contributed by atoms with Crippen molar-refractivity contribution in [3.8, 4) is 5.75 Å². The SMILES string of the molecule is C/C(=N\NC(=O)c1ccc(F)cc1)c1cc(Br)ccc1O. The molecule has 2 rings (SSSR count). The molecule has 1 amide bonds. The maximum Gasteiger partial charge on any atom is 0.271 e. The van der Waals surface area contributed by atoms with Crippen molar-refractivity contribution in [2.45, 2.75) is 6.92 Å². The molecule has 0 unspecified atom stereocenters. The number of rotatable bonds is 3. The van der Waals surface area contributed by atoms with Crippen LogP contribution >= 0.6 is 15.9 Å². The summed E-state index contributed by atoms with van der Waals surface area (Å²) in [6, 6.07) is 10.1. The van der Waals surface area contributed by atoms with Crippen LogP contribution in [0.15, 0.2) is 52.0 Å². The Morgan fingerprint density at radius 2 is 1.90 bits per heavy atom. The Balaban J connectivity index is 2.14. The summed E-state index contributed by atoms with van der Waals surface area (Å²) < 4.78 is 13.6. The first-order chi connectivity index (χ1) is 9.97. The number of carbonyl (C=O) groups is 1.